The molecule has 0 aromatic heterocycles. The van der Waals surface area contributed by atoms with Gasteiger partial charge in [0.05, 0.1) is 25.6 Å². The van der Waals surface area contributed by atoms with Crippen molar-refractivity contribution in [1.82, 2.24) is 5.32 Å². The largest absolute Gasteiger partial charge is 0.469 e. The summed E-state index contributed by atoms with van der Waals surface area (Å²) < 4.78 is 5.51. The average Bonchev–Trinajstić information content (AvgIpc) is 2.37. The summed E-state index contributed by atoms with van der Waals surface area (Å²) in [4.78, 5) is 23.1. The molecule has 0 heterocycles. The lowest BCUT2D eigenvalue weighted by molar-refractivity contribution is -0.141. The normalized spacial score (nSPS) is 12.8. The molecule has 20 heavy (non-hydrogen) atoms. The zero-order chi connectivity index (χ0) is 14.4. The molecule has 0 bridgehead atoms. The molecular weight excluding hydrogens is 348 g/mol. The van der Waals surface area contributed by atoms with Crippen LogP contribution in [0.4, 0.5) is 0 Å². The van der Waals surface area contributed by atoms with E-state index in [2.05, 4.69) is 26.0 Å². The molecule has 0 aliphatic heterocycles. The maximum atomic E-state index is 11.7. The summed E-state index contributed by atoms with van der Waals surface area (Å²) in [7, 11) is 1.31. The number of carbonyl (C=O) groups is 2. The van der Waals surface area contributed by atoms with Gasteiger partial charge in [0.15, 0.2) is 0 Å². The number of amides is 1. The second kappa shape index (κ2) is 8.94. The summed E-state index contributed by atoms with van der Waals surface area (Å²) in [5.74, 6) is -0.705. The van der Waals surface area contributed by atoms with Gasteiger partial charge in [-0.05, 0) is 24.6 Å². The van der Waals surface area contributed by atoms with E-state index in [0.717, 1.165) is 10.0 Å². The molecule has 0 saturated heterocycles. The summed E-state index contributed by atoms with van der Waals surface area (Å²) in [6.45, 7) is 1.59. The Morgan fingerprint density at radius 3 is 2.60 bits per heavy atom. The zero-order valence-electron chi connectivity index (χ0n) is 11.3. The van der Waals surface area contributed by atoms with Gasteiger partial charge in [0.25, 0.3) is 0 Å². The van der Waals surface area contributed by atoms with E-state index in [1.54, 1.807) is 6.92 Å². The molecule has 0 saturated carbocycles. The number of halogens is 2. The molecule has 0 aliphatic carbocycles. The SMILES string of the molecule is COC(=O)CC(NC(=O)[C@H](C)N)c1cccc(Br)c1.Cl. The summed E-state index contributed by atoms with van der Waals surface area (Å²) in [6.07, 6.45) is 0.0609. The van der Waals surface area contributed by atoms with Crippen LogP contribution >= 0.6 is 28.3 Å². The Labute approximate surface area is 132 Å². The molecule has 1 rings (SSSR count). The monoisotopic (exact) mass is 364 g/mol. The molecule has 1 aromatic carbocycles. The van der Waals surface area contributed by atoms with Crippen molar-refractivity contribution in [2.45, 2.75) is 25.4 Å². The summed E-state index contributed by atoms with van der Waals surface area (Å²) in [5.41, 5.74) is 6.33. The highest BCUT2D eigenvalue weighted by molar-refractivity contribution is 9.10. The van der Waals surface area contributed by atoms with Gasteiger partial charge in [0, 0.05) is 4.47 Å². The number of hydrogen-bond donors (Lipinski definition) is 2. The number of nitrogens with one attached hydrogen (secondary N) is 1. The van der Waals surface area contributed by atoms with E-state index >= 15 is 0 Å². The quantitative estimate of drug-likeness (QED) is 0.781. The molecule has 0 spiro atoms. The fraction of sp³-hybridized carbons (Fsp3) is 0.385. The van der Waals surface area contributed by atoms with E-state index in [-0.39, 0.29) is 24.7 Å². The fourth-order valence-electron chi connectivity index (χ4n) is 1.53. The smallest absolute Gasteiger partial charge is 0.307 e. The molecule has 0 fully saturated rings. The van der Waals surface area contributed by atoms with Crippen molar-refractivity contribution in [3.05, 3.63) is 34.3 Å². The molecule has 7 heteroatoms. The fourth-order valence-corrected chi connectivity index (χ4v) is 1.95. The maximum Gasteiger partial charge on any atom is 0.307 e. The highest BCUT2D eigenvalue weighted by atomic mass is 79.9. The number of benzene rings is 1. The van der Waals surface area contributed by atoms with E-state index in [0.29, 0.717) is 0 Å². The molecule has 1 amide bonds. The number of nitrogens with two attached hydrogens (primary N) is 1. The zero-order valence-corrected chi connectivity index (χ0v) is 13.7. The van der Waals surface area contributed by atoms with Gasteiger partial charge in [0.1, 0.15) is 0 Å². The van der Waals surface area contributed by atoms with Crippen LogP contribution in [0.2, 0.25) is 0 Å². The number of ether oxygens (including phenoxy) is 1. The Morgan fingerprint density at radius 2 is 2.10 bits per heavy atom. The molecule has 112 valence electrons. The predicted molar refractivity (Wildman–Crippen MR) is 82.6 cm³/mol. The molecule has 3 N–H and O–H groups in total. The first-order valence-corrected chi connectivity index (χ1v) is 6.61. The van der Waals surface area contributed by atoms with Crippen LogP contribution < -0.4 is 11.1 Å². The Hall–Kier alpha value is -1.11. The third-order valence-electron chi connectivity index (χ3n) is 2.58. The van der Waals surface area contributed by atoms with Crippen LogP contribution in [-0.4, -0.2) is 25.0 Å². The van der Waals surface area contributed by atoms with E-state index < -0.39 is 18.1 Å². The van der Waals surface area contributed by atoms with Crippen molar-refractivity contribution in [2.75, 3.05) is 7.11 Å². The minimum absolute atomic E-state index is 0. The molecule has 0 aliphatic rings. The van der Waals surface area contributed by atoms with Crippen molar-refractivity contribution in [3.63, 3.8) is 0 Å². The van der Waals surface area contributed by atoms with Crippen LogP contribution in [0.3, 0.4) is 0 Å². The van der Waals surface area contributed by atoms with Crippen LogP contribution in [-0.2, 0) is 14.3 Å². The second-order valence-electron chi connectivity index (χ2n) is 4.19. The van der Waals surface area contributed by atoms with Crippen molar-refractivity contribution < 1.29 is 14.3 Å². The minimum Gasteiger partial charge on any atom is -0.469 e. The van der Waals surface area contributed by atoms with E-state index in [1.807, 2.05) is 24.3 Å². The molecule has 0 radical (unpaired) electrons. The molecule has 1 aromatic rings. The Kier molecular flexibility index (Phi) is 8.45. The number of carbonyl (C=O) groups excluding carboxylic acids is 2. The standard InChI is InChI=1S/C13H17BrN2O3.ClH/c1-8(15)13(18)16-11(7-12(17)19-2)9-4-3-5-10(14)6-9;/h3-6,8,11H,7,15H2,1-2H3,(H,16,18);1H/t8-,11?;/m0./s1. The molecular formula is C13H18BrClN2O3. The average molecular weight is 366 g/mol. The lowest BCUT2D eigenvalue weighted by Crippen LogP contribution is -2.41. The van der Waals surface area contributed by atoms with Crippen molar-refractivity contribution in [1.29, 1.82) is 0 Å². The van der Waals surface area contributed by atoms with Crippen molar-refractivity contribution in [3.8, 4) is 0 Å². The topological polar surface area (TPSA) is 81.4 Å². The Morgan fingerprint density at radius 1 is 1.45 bits per heavy atom. The second-order valence-corrected chi connectivity index (χ2v) is 5.10. The lowest BCUT2D eigenvalue weighted by atomic mass is 10.0. The molecule has 2 atom stereocenters. The van der Waals surface area contributed by atoms with Crippen LogP contribution in [0.5, 0.6) is 0 Å². The first-order valence-electron chi connectivity index (χ1n) is 5.82. The van der Waals surface area contributed by atoms with Crippen LogP contribution in [0, 0.1) is 0 Å². The maximum absolute atomic E-state index is 11.7. The third kappa shape index (κ3) is 5.90. The van der Waals surface area contributed by atoms with Gasteiger partial charge in [-0.1, -0.05) is 28.1 Å². The van der Waals surface area contributed by atoms with E-state index in [1.165, 1.54) is 7.11 Å². The number of rotatable bonds is 5. The Balaban J connectivity index is 0.00000361. The van der Waals surface area contributed by atoms with Crippen LogP contribution in [0.1, 0.15) is 24.9 Å². The first kappa shape index (κ1) is 18.9. The van der Waals surface area contributed by atoms with Crippen LogP contribution in [0.25, 0.3) is 0 Å². The summed E-state index contributed by atoms with van der Waals surface area (Å²) >= 11 is 3.36. The lowest BCUT2D eigenvalue weighted by Gasteiger charge is -2.19. The summed E-state index contributed by atoms with van der Waals surface area (Å²) in [6, 6.07) is 6.29. The molecule has 5 nitrogen and oxygen atoms in total. The van der Waals surface area contributed by atoms with E-state index in [9.17, 15) is 9.59 Å². The van der Waals surface area contributed by atoms with Gasteiger partial charge in [-0.2, -0.15) is 0 Å². The van der Waals surface area contributed by atoms with Crippen molar-refractivity contribution >= 4 is 40.2 Å². The van der Waals surface area contributed by atoms with Gasteiger partial charge in [-0.3, -0.25) is 9.59 Å². The Bertz CT molecular complexity index is 469. The van der Waals surface area contributed by atoms with Gasteiger partial charge in [-0.25, -0.2) is 0 Å². The third-order valence-corrected chi connectivity index (χ3v) is 3.07. The minimum atomic E-state index is -0.632. The van der Waals surface area contributed by atoms with E-state index in [4.69, 9.17) is 5.73 Å². The van der Waals surface area contributed by atoms with Crippen LogP contribution in [0.15, 0.2) is 28.7 Å². The van der Waals surface area contributed by atoms with Gasteiger partial charge < -0.3 is 15.8 Å². The molecule has 1 unspecified atom stereocenters. The predicted octanol–water partition coefficient (Wildman–Crippen LogP) is 1.94. The van der Waals surface area contributed by atoms with Gasteiger partial charge in [-0.15, -0.1) is 12.4 Å². The van der Waals surface area contributed by atoms with Crippen molar-refractivity contribution in [2.24, 2.45) is 5.73 Å². The van der Waals surface area contributed by atoms with Gasteiger partial charge >= 0.3 is 5.97 Å². The first-order chi connectivity index (χ1) is 8.93. The number of methoxy groups -OCH3 is 1. The number of hydrogen-bond acceptors (Lipinski definition) is 4. The highest BCUT2D eigenvalue weighted by Gasteiger charge is 2.20. The van der Waals surface area contributed by atoms with Gasteiger partial charge in [0.2, 0.25) is 5.91 Å². The summed E-state index contributed by atoms with van der Waals surface area (Å²) in [5, 5.41) is 2.74. The highest BCUT2D eigenvalue weighted by Crippen LogP contribution is 2.21. The number of esters is 1.